The minimum atomic E-state index is -0.604. The summed E-state index contributed by atoms with van der Waals surface area (Å²) >= 11 is 0. The van der Waals surface area contributed by atoms with Crippen molar-refractivity contribution in [2.75, 3.05) is 0 Å². The molecular weight excluding hydrogens is 239 g/mol. The number of rotatable bonds is 3. The van der Waals surface area contributed by atoms with Crippen LogP contribution in [-0.2, 0) is 6.42 Å². The molecule has 0 N–H and O–H groups in total. The molecule has 1 nitrogen and oxygen atoms in total. The molecule has 0 aliphatic heterocycles. The second kappa shape index (κ2) is 5.54. The highest BCUT2D eigenvalue weighted by atomic mass is 31.1. The fraction of sp³-hybridized carbons (Fsp3) is 0.312. The molecule has 2 heteroatoms. The summed E-state index contributed by atoms with van der Waals surface area (Å²) in [5.74, 6) is 5.37. The third kappa shape index (κ3) is 2.91. The predicted molar refractivity (Wildman–Crippen MR) is 79.6 cm³/mol. The topological polar surface area (TPSA) is 9.23 Å². The maximum Gasteiger partial charge on any atom is 0.338 e. The Morgan fingerprint density at radius 2 is 1.78 bits per heavy atom. The standard InChI is InChI=1S/C16H20OP/c1-5-15-6-7-16(10-13(15)3)17-18-9-8-12(2)14(4)11-18/h6-11H,5H2,1-4H3/q+1. The SMILES string of the molecule is CCc1ccc(O[p+]2ccc(C)c(C)c2)cc1C. The number of hydrogen-bond acceptors (Lipinski definition) is 1. The highest BCUT2D eigenvalue weighted by Crippen LogP contribution is 2.33. The minimum Gasteiger partial charge on any atom is -0.286 e. The molecule has 94 valence electrons. The Morgan fingerprint density at radius 1 is 1.00 bits per heavy atom. The quantitative estimate of drug-likeness (QED) is 0.728. The van der Waals surface area contributed by atoms with E-state index in [0.29, 0.717) is 0 Å². The van der Waals surface area contributed by atoms with Gasteiger partial charge in [-0.1, -0.05) is 13.0 Å². The summed E-state index contributed by atoms with van der Waals surface area (Å²) in [6.07, 6.45) is 1.08. The molecule has 1 heterocycles. The molecule has 18 heavy (non-hydrogen) atoms. The van der Waals surface area contributed by atoms with Crippen LogP contribution in [-0.4, -0.2) is 0 Å². The third-order valence-corrected chi connectivity index (χ3v) is 4.83. The molecule has 0 saturated carbocycles. The zero-order chi connectivity index (χ0) is 13.1. The van der Waals surface area contributed by atoms with E-state index in [4.69, 9.17) is 4.52 Å². The molecule has 0 bridgehead atoms. The Bertz CT molecular complexity index is 561. The second-order valence-electron chi connectivity index (χ2n) is 4.70. The Balaban J connectivity index is 2.23. The van der Waals surface area contributed by atoms with E-state index in [1.807, 2.05) is 0 Å². The monoisotopic (exact) mass is 259 g/mol. The number of hydrogen-bond donors (Lipinski definition) is 0. The smallest absolute Gasteiger partial charge is 0.286 e. The van der Waals surface area contributed by atoms with Crippen LogP contribution in [0.2, 0.25) is 0 Å². The fourth-order valence-corrected chi connectivity index (χ4v) is 3.47. The van der Waals surface area contributed by atoms with Gasteiger partial charge in [-0.3, -0.25) is 4.52 Å². The van der Waals surface area contributed by atoms with Gasteiger partial charge in [0.15, 0.2) is 17.3 Å². The molecule has 0 saturated heterocycles. The van der Waals surface area contributed by atoms with Gasteiger partial charge in [0.2, 0.25) is 0 Å². The third-order valence-electron chi connectivity index (χ3n) is 3.32. The maximum absolute atomic E-state index is 6.04. The molecule has 0 amide bonds. The van der Waals surface area contributed by atoms with Crippen LogP contribution < -0.4 is 4.52 Å². The van der Waals surface area contributed by atoms with E-state index in [1.54, 1.807) is 0 Å². The average molecular weight is 259 g/mol. The summed E-state index contributed by atoms with van der Waals surface area (Å²) in [4.78, 5) is 0. The van der Waals surface area contributed by atoms with Gasteiger partial charge in [0.25, 0.3) is 0 Å². The minimum absolute atomic E-state index is 0.604. The number of benzene rings is 1. The van der Waals surface area contributed by atoms with Crippen LogP contribution in [0, 0.1) is 20.8 Å². The van der Waals surface area contributed by atoms with E-state index >= 15 is 0 Å². The molecule has 1 aromatic heterocycles. The van der Waals surface area contributed by atoms with Gasteiger partial charge in [0.1, 0.15) is 0 Å². The zero-order valence-electron chi connectivity index (χ0n) is 11.5. The van der Waals surface area contributed by atoms with Crippen LogP contribution in [0.1, 0.15) is 29.2 Å². The molecular formula is C16H20OP+. The number of aryl methyl sites for hydroxylation is 4. The molecule has 0 aliphatic rings. The lowest BCUT2D eigenvalue weighted by atomic mass is 10.1. The van der Waals surface area contributed by atoms with Crippen LogP contribution >= 0.6 is 7.76 Å². The normalized spacial score (nSPS) is 11.4. The van der Waals surface area contributed by atoms with Crippen LogP contribution in [0.15, 0.2) is 35.9 Å². The van der Waals surface area contributed by atoms with E-state index < -0.39 is 7.76 Å². The van der Waals surface area contributed by atoms with Crippen LogP contribution in [0.3, 0.4) is 0 Å². The lowest BCUT2D eigenvalue weighted by Gasteiger charge is -2.03. The van der Waals surface area contributed by atoms with Crippen molar-refractivity contribution in [1.29, 1.82) is 0 Å². The van der Waals surface area contributed by atoms with Gasteiger partial charge in [-0.05, 0) is 67.6 Å². The van der Waals surface area contributed by atoms with Gasteiger partial charge in [-0.2, -0.15) is 0 Å². The molecule has 0 fully saturated rings. The molecule has 0 spiro atoms. The van der Waals surface area contributed by atoms with Gasteiger partial charge in [-0.25, -0.2) is 0 Å². The van der Waals surface area contributed by atoms with Crippen molar-refractivity contribution < 1.29 is 4.52 Å². The molecule has 1 unspecified atom stereocenters. The maximum atomic E-state index is 6.04. The summed E-state index contributed by atoms with van der Waals surface area (Å²) in [6, 6.07) is 8.55. The van der Waals surface area contributed by atoms with Gasteiger partial charge >= 0.3 is 7.76 Å². The van der Waals surface area contributed by atoms with E-state index in [2.05, 4.69) is 63.6 Å². The van der Waals surface area contributed by atoms with Crippen molar-refractivity contribution in [1.82, 2.24) is 0 Å². The summed E-state index contributed by atoms with van der Waals surface area (Å²) in [5, 5.41) is 0. The van der Waals surface area contributed by atoms with Crippen molar-refractivity contribution >= 4 is 7.76 Å². The van der Waals surface area contributed by atoms with Gasteiger partial charge in [0, 0.05) is 0 Å². The highest BCUT2D eigenvalue weighted by molar-refractivity contribution is 7.43. The summed E-state index contributed by atoms with van der Waals surface area (Å²) < 4.78 is 6.04. The Kier molecular flexibility index (Phi) is 4.04. The lowest BCUT2D eigenvalue weighted by molar-refractivity contribution is 0.632. The molecule has 0 aliphatic carbocycles. The largest absolute Gasteiger partial charge is 0.338 e. The predicted octanol–water partition coefficient (Wildman–Crippen LogP) is 5.28. The van der Waals surface area contributed by atoms with Crippen LogP contribution in [0.25, 0.3) is 0 Å². The van der Waals surface area contributed by atoms with Crippen molar-refractivity contribution in [3.05, 3.63) is 58.1 Å². The first-order valence-corrected chi connectivity index (χ1v) is 7.76. The van der Waals surface area contributed by atoms with Crippen LogP contribution in [0.4, 0.5) is 0 Å². The Labute approximate surface area is 111 Å². The van der Waals surface area contributed by atoms with Crippen LogP contribution in [0.5, 0.6) is 5.75 Å². The van der Waals surface area contributed by atoms with E-state index in [-0.39, 0.29) is 0 Å². The van der Waals surface area contributed by atoms with Gasteiger partial charge < -0.3 is 0 Å². The van der Waals surface area contributed by atoms with Crippen molar-refractivity contribution in [3.63, 3.8) is 0 Å². The highest BCUT2D eigenvalue weighted by Gasteiger charge is 2.11. The van der Waals surface area contributed by atoms with Crippen molar-refractivity contribution in [3.8, 4) is 5.75 Å². The van der Waals surface area contributed by atoms with Crippen molar-refractivity contribution in [2.45, 2.75) is 34.1 Å². The Hall–Kier alpha value is -1.33. The second-order valence-corrected chi connectivity index (χ2v) is 6.16. The summed E-state index contributed by atoms with van der Waals surface area (Å²) in [6.45, 7) is 8.61. The summed E-state index contributed by atoms with van der Waals surface area (Å²) in [7, 11) is -0.604. The molecule has 2 aromatic rings. The molecule has 0 radical (unpaired) electrons. The van der Waals surface area contributed by atoms with Gasteiger partial charge in [-0.15, -0.1) is 0 Å². The van der Waals surface area contributed by atoms with E-state index in [0.717, 1.165) is 12.2 Å². The molecule has 1 aromatic carbocycles. The van der Waals surface area contributed by atoms with Gasteiger partial charge in [0.05, 0.1) is 0 Å². The first kappa shape index (κ1) is 13.1. The lowest BCUT2D eigenvalue weighted by Crippen LogP contribution is -1.88. The average Bonchev–Trinajstić information content (AvgIpc) is 2.34. The molecule has 1 atom stereocenters. The summed E-state index contributed by atoms with van der Waals surface area (Å²) in [5.41, 5.74) is 5.36. The van der Waals surface area contributed by atoms with E-state index in [9.17, 15) is 0 Å². The first-order chi connectivity index (χ1) is 8.60. The first-order valence-electron chi connectivity index (χ1n) is 6.36. The van der Waals surface area contributed by atoms with Crippen molar-refractivity contribution in [2.24, 2.45) is 0 Å². The van der Waals surface area contributed by atoms with E-state index in [1.165, 1.54) is 22.3 Å². The molecule has 2 rings (SSSR count). The Morgan fingerprint density at radius 3 is 2.39 bits per heavy atom. The zero-order valence-corrected chi connectivity index (χ0v) is 12.4. The fourth-order valence-electron chi connectivity index (χ4n) is 1.95.